The third-order valence-corrected chi connectivity index (χ3v) is 5.33. The van der Waals surface area contributed by atoms with Gasteiger partial charge in [0.05, 0.1) is 17.7 Å². The van der Waals surface area contributed by atoms with Crippen LogP contribution in [0.25, 0.3) is 0 Å². The van der Waals surface area contributed by atoms with E-state index in [2.05, 4.69) is 13.8 Å². The Balaban J connectivity index is 1.74. The molecule has 2 fully saturated rings. The van der Waals surface area contributed by atoms with E-state index in [1.807, 2.05) is 11.8 Å². The predicted octanol–water partition coefficient (Wildman–Crippen LogP) is 3.09. The van der Waals surface area contributed by atoms with Gasteiger partial charge in [-0.25, -0.2) is 0 Å². The fourth-order valence-corrected chi connectivity index (χ4v) is 3.82. The quantitative estimate of drug-likeness (QED) is 0.849. The van der Waals surface area contributed by atoms with Gasteiger partial charge in [-0.15, -0.1) is 0 Å². The van der Waals surface area contributed by atoms with Crippen molar-refractivity contribution in [2.45, 2.75) is 89.9 Å². The molecule has 0 aromatic carbocycles. The van der Waals surface area contributed by atoms with Crippen molar-refractivity contribution in [3.63, 3.8) is 0 Å². The molecule has 1 saturated heterocycles. The van der Waals surface area contributed by atoms with Gasteiger partial charge in [0.1, 0.15) is 0 Å². The van der Waals surface area contributed by atoms with Crippen LogP contribution in [0.15, 0.2) is 0 Å². The second-order valence-electron chi connectivity index (χ2n) is 7.68. The van der Waals surface area contributed by atoms with Gasteiger partial charge in [0.2, 0.25) is 5.91 Å². The predicted molar refractivity (Wildman–Crippen MR) is 89.6 cm³/mol. The first-order chi connectivity index (χ1) is 10.4. The van der Waals surface area contributed by atoms with Crippen molar-refractivity contribution in [2.75, 3.05) is 13.1 Å². The van der Waals surface area contributed by atoms with Crippen molar-refractivity contribution >= 4 is 5.91 Å². The van der Waals surface area contributed by atoms with Crippen LogP contribution in [0.1, 0.15) is 72.1 Å². The zero-order valence-corrected chi connectivity index (χ0v) is 14.6. The normalized spacial score (nSPS) is 30.1. The Morgan fingerprint density at radius 1 is 1.14 bits per heavy atom. The Morgan fingerprint density at radius 2 is 1.68 bits per heavy atom. The maximum absolute atomic E-state index is 12.5. The maximum Gasteiger partial charge on any atom is 0.242 e. The third kappa shape index (κ3) is 4.69. The van der Waals surface area contributed by atoms with E-state index >= 15 is 0 Å². The standard InChI is InChI=1S/C18H34N2O2/c1-4-11-18(3,19)17(21)20-12-9-16(10-13-20)22-15-7-5-14(2)6-8-15/h14-16H,4-13,19H2,1-3H3. The molecule has 0 spiro atoms. The Hall–Kier alpha value is -0.610. The van der Waals surface area contributed by atoms with Gasteiger partial charge in [0.25, 0.3) is 0 Å². The van der Waals surface area contributed by atoms with Crippen molar-refractivity contribution < 1.29 is 9.53 Å². The fourth-order valence-electron chi connectivity index (χ4n) is 3.82. The van der Waals surface area contributed by atoms with Gasteiger partial charge < -0.3 is 15.4 Å². The Morgan fingerprint density at radius 3 is 2.23 bits per heavy atom. The second-order valence-corrected chi connectivity index (χ2v) is 7.68. The number of ether oxygens (including phenoxy) is 1. The molecule has 0 aromatic rings. The number of nitrogens with two attached hydrogens (primary N) is 1. The summed E-state index contributed by atoms with van der Waals surface area (Å²) in [7, 11) is 0. The molecule has 128 valence electrons. The average Bonchev–Trinajstić information content (AvgIpc) is 2.49. The van der Waals surface area contributed by atoms with Gasteiger partial charge >= 0.3 is 0 Å². The molecule has 22 heavy (non-hydrogen) atoms. The van der Waals surface area contributed by atoms with Crippen LogP contribution >= 0.6 is 0 Å². The Kier molecular flexibility index (Phi) is 6.27. The molecule has 1 atom stereocenters. The fraction of sp³-hybridized carbons (Fsp3) is 0.944. The molecule has 2 rings (SSSR count). The lowest BCUT2D eigenvalue weighted by molar-refractivity contribution is -0.140. The number of hydrogen-bond donors (Lipinski definition) is 1. The summed E-state index contributed by atoms with van der Waals surface area (Å²) in [5.41, 5.74) is 5.47. The summed E-state index contributed by atoms with van der Waals surface area (Å²) in [6, 6.07) is 0. The van der Waals surface area contributed by atoms with E-state index in [9.17, 15) is 4.79 Å². The molecular weight excluding hydrogens is 276 g/mol. The highest BCUT2D eigenvalue weighted by Gasteiger charge is 2.34. The molecule has 2 N–H and O–H groups in total. The summed E-state index contributed by atoms with van der Waals surface area (Å²) in [5, 5.41) is 0. The molecule has 1 saturated carbocycles. The van der Waals surface area contributed by atoms with Crippen LogP contribution in [0.5, 0.6) is 0 Å². The molecule has 1 heterocycles. The first-order valence-corrected chi connectivity index (χ1v) is 9.16. The van der Waals surface area contributed by atoms with Crippen molar-refractivity contribution in [2.24, 2.45) is 11.7 Å². The summed E-state index contributed by atoms with van der Waals surface area (Å²) in [5.74, 6) is 0.972. The zero-order chi connectivity index (χ0) is 16.2. The van der Waals surface area contributed by atoms with E-state index < -0.39 is 5.54 Å². The molecule has 0 aromatic heterocycles. The Bertz CT molecular complexity index is 354. The summed E-state index contributed by atoms with van der Waals surface area (Å²) in [6.45, 7) is 7.86. The topological polar surface area (TPSA) is 55.6 Å². The van der Waals surface area contributed by atoms with Crippen LogP contribution in [-0.4, -0.2) is 41.6 Å². The molecule has 4 nitrogen and oxygen atoms in total. The lowest BCUT2D eigenvalue weighted by Crippen LogP contribution is -2.55. The van der Waals surface area contributed by atoms with Gasteiger partial charge in [-0.3, -0.25) is 4.79 Å². The minimum Gasteiger partial charge on any atom is -0.375 e. The number of carbonyl (C=O) groups excluding carboxylic acids is 1. The highest BCUT2D eigenvalue weighted by atomic mass is 16.5. The van der Waals surface area contributed by atoms with E-state index in [1.165, 1.54) is 25.7 Å². The number of piperidine rings is 1. The van der Waals surface area contributed by atoms with Crippen LogP contribution < -0.4 is 5.73 Å². The van der Waals surface area contributed by atoms with Gasteiger partial charge in [-0.05, 0) is 57.8 Å². The molecule has 1 unspecified atom stereocenters. The van der Waals surface area contributed by atoms with E-state index in [1.54, 1.807) is 0 Å². The molecule has 0 radical (unpaired) electrons. The smallest absolute Gasteiger partial charge is 0.242 e. The largest absolute Gasteiger partial charge is 0.375 e. The Labute approximate surface area is 135 Å². The third-order valence-electron chi connectivity index (χ3n) is 5.33. The summed E-state index contributed by atoms with van der Waals surface area (Å²) in [4.78, 5) is 14.4. The maximum atomic E-state index is 12.5. The molecule has 1 aliphatic heterocycles. The van der Waals surface area contributed by atoms with Crippen LogP contribution in [-0.2, 0) is 9.53 Å². The van der Waals surface area contributed by atoms with Crippen molar-refractivity contribution in [3.05, 3.63) is 0 Å². The van der Waals surface area contributed by atoms with Crippen molar-refractivity contribution in [1.29, 1.82) is 0 Å². The summed E-state index contributed by atoms with van der Waals surface area (Å²) in [6.07, 6.45) is 9.40. The highest BCUT2D eigenvalue weighted by Crippen LogP contribution is 2.28. The highest BCUT2D eigenvalue weighted by molar-refractivity contribution is 5.85. The van der Waals surface area contributed by atoms with Crippen LogP contribution in [0.4, 0.5) is 0 Å². The first kappa shape index (κ1) is 17.7. The van der Waals surface area contributed by atoms with Crippen molar-refractivity contribution in [1.82, 2.24) is 4.90 Å². The van der Waals surface area contributed by atoms with Crippen LogP contribution in [0.2, 0.25) is 0 Å². The number of rotatable bonds is 5. The first-order valence-electron chi connectivity index (χ1n) is 9.16. The number of likely N-dealkylation sites (tertiary alicyclic amines) is 1. The van der Waals surface area contributed by atoms with Gasteiger partial charge in [0, 0.05) is 13.1 Å². The molecular formula is C18H34N2O2. The summed E-state index contributed by atoms with van der Waals surface area (Å²) < 4.78 is 6.27. The second kappa shape index (κ2) is 7.78. The number of carbonyl (C=O) groups is 1. The molecule has 4 heteroatoms. The van der Waals surface area contributed by atoms with E-state index in [4.69, 9.17) is 10.5 Å². The van der Waals surface area contributed by atoms with Gasteiger partial charge in [-0.1, -0.05) is 20.3 Å². The minimum atomic E-state index is -0.706. The van der Waals surface area contributed by atoms with E-state index in [0.29, 0.717) is 12.2 Å². The number of hydrogen-bond acceptors (Lipinski definition) is 3. The zero-order valence-electron chi connectivity index (χ0n) is 14.6. The van der Waals surface area contributed by atoms with Gasteiger partial charge in [-0.2, -0.15) is 0 Å². The van der Waals surface area contributed by atoms with E-state index in [-0.39, 0.29) is 5.91 Å². The minimum absolute atomic E-state index is 0.110. The monoisotopic (exact) mass is 310 g/mol. The average molecular weight is 310 g/mol. The molecule has 0 bridgehead atoms. The summed E-state index contributed by atoms with van der Waals surface area (Å²) >= 11 is 0. The van der Waals surface area contributed by atoms with E-state index in [0.717, 1.165) is 44.7 Å². The lowest BCUT2D eigenvalue weighted by atomic mass is 9.88. The van der Waals surface area contributed by atoms with Crippen molar-refractivity contribution in [3.8, 4) is 0 Å². The van der Waals surface area contributed by atoms with Gasteiger partial charge in [0.15, 0.2) is 0 Å². The molecule has 2 aliphatic rings. The SMILES string of the molecule is CCCC(C)(N)C(=O)N1CCC(OC2CCC(C)CC2)CC1. The lowest BCUT2D eigenvalue weighted by Gasteiger charge is -2.38. The van der Waals surface area contributed by atoms with Crippen LogP contribution in [0, 0.1) is 5.92 Å². The number of nitrogens with zero attached hydrogens (tertiary/aromatic N) is 1. The molecule has 1 aliphatic carbocycles. The van der Waals surface area contributed by atoms with Crippen LogP contribution in [0.3, 0.4) is 0 Å². The number of amides is 1. The molecule has 1 amide bonds.